The Labute approximate surface area is 171 Å². The first-order chi connectivity index (χ1) is 14.0. The summed E-state index contributed by atoms with van der Waals surface area (Å²) in [5.74, 6) is -0.317. The van der Waals surface area contributed by atoms with Crippen LogP contribution in [0.1, 0.15) is 42.5 Å². The van der Waals surface area contributed by atoms with Gasteiger partial charge in [-0.25, -0.2) is 4.79 Å². The molecule has 1 unspecified atom stereocenters. The van der Waals surface area contributed by atoms with Gasteiger partial charge in [0.1, 0.15) is 11.6 Å². The number of carbonyl (C=O) groups is 1. The Morgan fingerprint density at radius 1 is 1.24 bits per heavy atom. The van der Waals surface area contributed by atoms with Gasteiger partial charge in [0.2, 0.25) is 0 Å². The first kappa shape index (κ1) is 20.7. The molecule has 1 aliphatic heterocycles. The number of anilines is 1. The van der Waals surface area contributed by atoms with Crippen LogP contribution in [0.4, 0.5) is 5.69 Å². The molecule has 0 spiro atoms. The maximum Gasteiger partial charge on any atom is 0.330 e. The van der Waals surface area contributed by atoms with Crippen molar-refractivity contribution in [3.8, 4) is 5.75 Å². The van der Waals surface area contributed by atoms with Crippen LogP contribution < -0.4 is 15.8 Å². The van der Waals surface area contributed by atoms with Gasteiger partial charge >= 0.3 is 5.97 Å². The fourth-order valence-electron chi connectivity index (χ4n) is 3.59. The predicted octanol–water partition coefficient (Wildman–Crippen LogP) is 3.20. The summed E-state index contributed by atoms with van der Waals surface area (Å²) in [4.78, 5) is 14.4. The smallest absolute Gasteiger partial charge is 0.330 e. The molecule has 2 aromatic carbocycles. The molecule has 0 bridgehead atoms. The summed E-state index contributed by atoms with van der Waals surface area (Å²) in [5, 5.41) is 20.4. The highest BCUT2D eigenvalue weighted by molar-refractivity contribution is 5.95. The number of nitrogen functional groups attached to an aromatic ring is 1. The lowest BCUT2D eigenvalue weighted by molar-refractivity contribution is -0.138. The minimum absolute atomic E-state index is 0.0256. The highest BCUT2D eigenvalue weighted by Crippen LogP contribution is 2.27. The van der Waals surface area contributed by atoms with E-state index in [9.17, 15) is 9.90 Å². The number of benzene rings is 2. The van der Waals surface area contributed by atoms with Crippen LogP contribution in [-0.4, -0.2) is 41.5 Å². The normalized spacial score (nSPS) is 15.1. The predicted molar refractivity (Wildman–Crippen MR) is 114 cm³/mol. The molecule has 0 aliphatic carbocycles. The van der Waals surface area contributed by atoms with Crippen LogP contribution in [0.15, 0.2) is 42.5 Å². The molecule has 2 aromatic rings. The van der Waals surface area contributed by atoms with Crippen molar-refractivity contribution in [2.45, 2.75) is 32.4 Å². The van der Waals surface area contributed by atoms with Crippen LogP contribution in [0.3, 0.4) is 0 Å². The van der Waals surface area contributed by atoms with Crippen molar-refractivity contribution in [2.24, 2.45) is 5.73 Å². The van der Waals surface area contributed by atoms with Crippen molar-refractivity contribution in [2.75, 3.05) is 25.0 Å². The van der Waals surface area contributed by atoms with E-state index in [0.717, 1.165) is 25.2 Å². The molecule has 1 aliphatic rings. The molecule has 5 N–H and O–H groups in total. The van der Waals surface area contributed by atoms with Crippen LogP contribution in [0.5, 0.6) is 5.75 Å². The number of amidine groups is 1. The van der Waals surface area contributed by atoms with Crippen LogP contribution in [0.25, 0.3) is 0 Å². The van der Waals surface area contributed by atoms with Crippen molar-refractivity contribution in [1.82, 2.24) is 4.90 Å². The van der Waals surface area contributed by atoms with E-state index in [1.807, 2.05) is 19.1 Å². The van der Waals surface area contributed by atoms with Gasteiger partial charge in [0.15, 0.2) is 6.04 Å². The number of nitrogens with two attached hydrogens (primary N) is 1. The summed E-state index contributed by atoms with van der Waals surface area (Å²) in [6, 6.07) is 11.6. The van der Waals surface area contributed by atoms with E-state index in [1.165, 1.54) is 12.8 Å². The maximum absolute atomic E-state index is 12.0. The van der Waals surface area contributed by atoms with Crippen LogP contribution in [0.2, 0.25) is 0 Å². The van der Waals surface area contributed by atoms with Gasteiger partial charge in [-0.05, 0) is 80.4 Å². The third kappa shape index (κ3) is 5.48. The van der Waals surface area contributed by atoms with Gasteiger partial charge in [-0.1, -0.05) is 6.07 Å². The van der Waals surface area contributed by atoms with Gasteiger partial charge in [-0.15, -0.1) is 0 Å². The lowest BCUT2D eigenvalue weighted by Crippen LogP contribution is -2.22. The van der Waals surface area contributed by atoms with E-state index >= 15 is 0 Å². The van der Waals surface area contributed by atoms with Gasteiger partial charge < -0.3 is 20.9 Å². The topological polar surface area (TPSA) is 112 Å². The zero-order valence-electron chi connectivity index (χ0n) is 16.6. The van der Waals surface area contributed by atoms with Crippen molar-refractivity contribution in [3.05, 3.63) is 59.2 Å². The SMILES string of the molecule is CCOc1cc(CN2CCCC2)cc(C(Nc2ccc(C(=N)N)cc2)C(=O)O)c1. The van der Waals surface area contributed by atoms with Crippen molar-refractivity contribution in [3.63, 3.8) is 0 Å². The number of nitrogens with one attached hydrogen (secondary N) is 2. The van der Waals surface area contributed by atoms with E-state index in [4.69, 9.17) is 15.9 Å². The summed E-state index contributed by atoms with van der Waals surface area (Å²) >= 11 is 0. The molecular weight excluding hydrogens is 368 g/mol. The summed E-state index contributed by atoms with van der Waals surface area (Å²) in [6.07, 6.45) is 2.40. The monoisotopic (exact) mass is 396 g/mol. The van der Waals surface area contributed by atoms with Crippen molar-refractivity contribution >= 4 is 17.5 Å². The fraction of sp³-hybridized carbons (Fsp3) is 0.364. The zero-order chi connectivity index (χ0) is 20.8. The number of carboxylic acids is 1. The third-order valence-electron chi connectivity index (χ3n) is 4.99. The average Bonchev–Trinajstić information content (AvgIpc) is 3.19. The minimum Gasteiger partial charge on any atom is -0.494 e. The quantitative estimate of drug-likeness (QED) is 0.383. The van der Waals surface area contributed by atoms with Gasteiger partial charge in [-0.2, -0.15) is 0 Å². The molecule has 29 heavy (non-hydrogen) atoms. The first-order valence-corrected chi connectivity index (χ1v) is 9.89. The number of ether oxygens (including phenoxy) is 1. The molecular formula is C22H28N4O3. The number of hydrogen-bond acceptors (Lipinski definition) is 5. The summed E-state index contributed by atoms with van der Waals surface area (Å²) < 4.78 is 5.70. The van der Waals surface area contributed by atoms with Crippen molar-refractivity contribution in [1.29, 1.82) is 5.41 Å². The molecule has 1 saturated heterocycles. The lowest BCUT2D eigenvalue weighted by Gasteiger charge is -2.20. The Bertz CT molecular complexity index is 861. The largest absolute Gasteiger partial charge is 0.494 e. The van der Waals surface area contributed by atoms with Gasteiger partial charge in [0, 0.05) is 17.8 Å². The van der Waals surface area contributed by atoms with E-state index < -0.39 is 12.0 Å². The molecule has 3 rings (SSSR count). The molecule has 7 heteroatoms. The number of aliphatic carboxylic acids is 1. The molecule has 1 atom stereocenters. The van der Waals surface area contributed by atoms with Crippen molar-refractivity contribution < 1.29 is 14.6 Å². The molecule has 154 valence electrons. The second-order valence-corrected chi connectivity index (χ2v) is 7.23. The van der Waals surface area contributed by atoms with Gasteiger partial charge in [0.05, 0.1) is 6.61 Å². The van der Waals surface area contributed by atoms with Crippen LogP contribution in [0, 0.1) is 5.41 Å². The van der Waals surface area contributed by atoms with Gasteiger partial charge in [-0.3, -0.25) is 10.3 Å². The summed E-state index contributed by atoms with van der Waals surface area (Å²) in [5.41, 5.74) is 8.41. The van der Waals surface area contributed by atoms with E-state index in [1.54, 1.807) is 30.3 Å². The second-order valence-electron chi connectivity index (χ2n) is 7.23. The number of hydrogen-bond donors (Lipinski definition) is 4. The molecule has 1 fully saturated rings. The number of likely N-dealkylation sites (tertiary alicyclic amines) is 1. The third-order valence-corrected chi connectivity index (χ3v) is 4.99. The lowest BCUT2D eigenvalue weighted by atomic mass is 10.0. The molecule has 0 aromatic heterocycles. The second kappa shape index (κ2) is 9.43. The summed E-state index contributed by atoms with van der Waals surface area (Å²) in [7, 11) is 0. The number of carboxylic acid groups (broad SMARTS) is 1. The molecule has 0 amide bonds. The number of nitrogens with zero attached hydrogens (tertiary/aromatic N) is 1. The molecule has 0 saturated carbocycles. The Hall–Kier alpha value is -3.06. The fourth-order valence-corrected chi connectivity index (χ4v) is 3.59. The molecule has 1 heterocycles. The maximum atomic E-state index is 12.0. The van der Waals surface area contributed by atoms with Crippen LogP contribution >= 0.6 is 0 Å². The highest BCUT2D eigenvalue weighted by Gasteiger charge is 2.22. The number of rotatable bonds is 9. The summed E-state index contributed by atoms with van der Waals surface area (Å²) in [6.45, 7) is 5.35. The Balaban J connectivity index is 1.87. The molecule has 7 nitrogen and oxygen atoms in total. The average molecular weight is 396 g/mol. The molecule has 0 radical (unpaired) electrons. The van der Waals surface area contributed by atoms with E-state index in [0.29, 0.717) is 29.2 Å². The Kier molecular flexibility index (Phi) is 6.72. The Morgan fingerprint density at radius 3 is 2.52 bits per heavy atom. The van der Waals surface area contributed by atoms with Crippen LogP contribution in [-0.2, 0) is 11.3 Å². The van der Waals surface area contributed by atoms with Gasteiger partial charge in [0.25, 0.3) is 0 Å². The minimum atomic E-state index is -0.971. The van der Waals surface area contributed by atoms with E-state index in [-0.39, 0.29) is 5.84 Å². The standard InChI is InChI=1S/C22H28N4O3/c1-2-29-19-12-15(14-26-9-3-4-10-26)11-17(13-19)20(22(27)28)25-18-7-5-16(6-8-18)21(23)24/h5-8,11-13,20,25H,2-4,9-10,14H2,1H3,(H3,23,24)(H,27,28). The Morgan fingerprint density at radius 2 is 1.93 bits per heavy atom. The first-order valence-electron chi connectivity index (χ1n) is 9.89. The van der Waals surface area contributed by atoms with E-state index in [2.05, 4.69) is 10.2 Å². The highest BCUT2D eigenvalue weighted by atomic mass is 16.5. The zero-order valence-corrected chi connectivity index (χ0v) is 16.6.